The van der Waals surface area contributed by atoms with E-state index in [4.69, 9.17) is 24.3 Å². The summed E-state index contributed by atoms with van der Waals surface area (Å²) < 4.78 is 33.0. The molecular weight excluding hydrogens is 1030 g/mol. The highest BCUT2D eigenvalue weighted by atomic mass is 31.2. The van der Waals surface area contributed by atoms with Crippen LogP contribution in [0.1, 0.15) is 219 Å². The monoisotopic (exact) mass is 1140 g/mol. The third-order valence-corrected chi connectivity index (χ3v) is 13.3. The first-order valence-electron chi connectivity index (χ1n) is 31.3. The van der Waals surface area contributed by atoms with Crippen molar-refractivity contribution in [2.24, 2.45) is 5.73 Å². The van der Waals surface area contributed by atoms with Crippen molar-refractivity contribution in [3.8, 4) is 0 Å². The minimum absolute atomic E-state index is 0.0383. The van der Waals surface area contributed by atoms with Crippen LogP contribution in [-0.4, -0.2) is 49.3 Å². The van der Waals surface area contributed by atoms with Crippen molar-refractivity contribution >= 4 is 19.8 Å². The Labute approximate surface area is 494 Å². The zero-order valence-electron chi connectivity index (χ0n) is 50.7. The molecule has 0 aromatic heterocycles. The van der Waals surface area contributed by atoms with Crippen LogP contribution in [0.15, 0.2) is 182 Å². The molecule has 3 N–H and O–H groups in total. The number of rotatable bonds is 56. The van der Waals surface area contributed by atoms with E-state index in [0.717, 1.165) is 148 Å². The largest absolute Gasteiger partial charge is 0.472 e. The molecule has 0 amide bonds. The van der Waals surface area contributed by atoms with Crippen molar-refractivity contribution in [1.29, 1.82) is 0 Å². The van der Waals surface area contributed by atoms with Crippen molar-refractivity contribution in [2.75, 3.05) is 26.4 Å². The number of esters is 2. The maximum absolute atomic E-state index is 12.7. The van der Waals surface area contributed by atoms with Crippen molar-refractivity contribution in [3.63, 3.8) is 0 Å². The first kappa shape index (κ1) is 76.1. The number of hydrogen-bond donors (Lipinski definition) is 2. The molecule has 0 radical (unpaired) electrons. The van der Waals surface area contributed by atoms with Gasteiger partial charge in [-0.25, -0.2) is 4.57 Å². The molecule has 0 saturated carbocycles. The summed E-state index contributed by atoms with van der Waals surface area (Å²) >= 11 is 0. The van der Waals surface area contributed by atoms with E-state index in [9.17, 15) is 19.0 Å². The Kier molecular flexibility index (Phi) is 60.4. The third kappa shape index (κ3) is 64.1. The molecule has 81 heavy (non-hydrogen) atoms. The molecule has 2 unspecified atom stereocenters. The topological polar surface area (TPSA) is 134 Å². The molecule has 0 spiro atoms. The van der Waals surface area contributed by atoms with Gasteiger partial charge in [-0.2, -0.15) is 0 Å². The molecular formula is C71H112NO8P. The van der Waals surface area contributed by atoms with E-state index in [0.29, 0.717) is 12.8 Å². The zero-order valence-corrected chi connectivity index (χ0v) is 51.6. The summed E-state index contributed by atoms with van der Waals surface area (Å²) in [6, 6.07) is 0. The number of phosphoric acid groups is 1. The summed E-state index contributed by atoms with van der Waals surface area (Å²) in [6.45, 7) is 3.45. The Morgan fingerprint density at radius 3 is 0.951 bits per heavy atom. The molecule has 0 aliphatic heterocycles. The van der Waals surface area contributed by atoms with E-state index < -0.39 is 32.5 Å². The summed E-state index contributed by atoms with van der Waals surface area (Å²) in [6.07, 6.45) is 96.6. The van der Waals surface area contributed by atoms with E-state index in [2.05, 4.69) is 196 Å². The Morgan fingerprint density at radius 2 is 0.642 bits per heavy atom. The molecule has 454 valence electrons. The predicted octanol–water partition coefficient (Wildman–Crippen LogP) is 20.4. The maximum atomic E-state index is 12.7. The lowest BCUT2D eigenvalue weighted by Crippen LogP contribution is -2.29. The fourth-order valence-electron chi connectivity index (χ4n) is 7.75. The van der Waals surface area contributed by atoms with Crippen LogP contribution in [0.4, 0.5) is 0 Å². The van der Waals surface area contributed by atoms with E-state index >= 15 is 0 Å². The van der Waals surface area contributed by atoms with Crippen LogP contribution in [0, 0.1) is 0 Å². The molecule has 0 saturated heterocycles. The Morgan fingerprint density at radius 1 is 0.370 bits per heavy atom. The molecule has 0 aromatic rings. The lowest BCUT2D eigenvalue weighted by Gasteiger charge is -2.19. The number of carbonyl (C=O) groups is 2. The number of nitrogens with two attached hydrogens (primary N) is 1. The van der Waals surface area contributed by atoms with Crippen LogP contribution >= 0.6 is 7.82 Å². The van der Waals surface area contributed by atoms with Gasteiger partial charge in [0.2, 0.25) is 0 Å². The number of carbonyl (C=O) groups excluding carboxylic acids is 2. The van der Waals surface area contributed by atoms with Crippen molar-refractivity contribution in [3.05, 3.63) is 182 Å². The van der Waals surface area contributed by atoms with E-state index in [1.54, 1.807) is 0 Å². The standard InChI is InChI=1S/C71H112NO8P/c1-3-5-7-9-11-13-15-17-19-21-23-25-27-28-29-30-31-32-33-34-35-36-37-38-39-40-42-44-46-48-50-52-54-56-58-60-62-64-71(74)80-69(68-79-81(75,76)78-66-65-72)67-77-70(73)63-61-59-57-55-53-51-49-47-45-43-41-26-24-22-20-18-16-14-12-10-8-6-4-2/h5-8,11-14,17-20,23-26,28-29,31-32,34-35,37-38,40,42-43,45,49,51,69H,3-4,9-10,15-16,21-22,27,30,33,36,39,41,44,46-48,50,52-68,72H2,1-2H3,(H,75,76)/b7-5-,8-6-,13-11-,14-12-,19-17-,20-18-,25-23-,26-24-,29-28-,32-31-,35-34-,38-37-,42-40-,45-43-,51-49-. The SMILES string of the molecule is CC/C=C\C/C=C\C/C=C\C/C=C\C/C=C\C/C=C\C/C=C\C/C=C\C/C=C\CCCCCCCCCCCC(=O)OC(COC(=O)CCCCCC/C=C\C/C=C\C/C=C\C/C=C\C/C=C\C/C=C\CC)COP(=O)(O)OCCN. The molecule has 2 atom stereocenters. The highest BCUT2D eigenvalue weighted by molar-refractivity contribution is 7.47. The van der Waals surface area contributed by atoms with Crippen molar-refractivity contribution in [2.45, 2.75) is 225 Å². The van der Waals surface area contributed by atoms with Gasteiger partial charge in [-0.15, -0.1) is 0 Å². The van der Waals surface area contributed by atoms with Crippen LogP contribution in [0.3, 0.4) is 0 Å². The number of phosphoric ester groups is 1. The minimum Gasteiger partial charge on any atom is -0.462 e. The highest BCUT2D eigenvalue weighted by Crippen LogP contribution is 2.43. The van der Waals surface area contributed by atoms with Gasteiger partial charge in [0.25, 0.3) is 0 Å². The summed E-state index contributed by atoms with van der Waals surface area (Å²) in [5.41, 5.74) is 5.39. The maximum Gasteiger partial charge on any atom is 0.472 e. The van der Waals surface area contributed by atoms with Gasteiger partial charge in [0.15, 0.2) is 6.10 Å². The molecule has 0 aliphatic rings. The summed E-state index contributed by atoms with van der Waals surface area (Å²) in [5, 5.41) is 0. The van der Waals surface area contributed by atoms with Crippen LogP contribution in [-0.2, 0) is 32.7 Å². The number of ether oxygens (including phenoxy) is 2. The van der Waals surface area contributed by atoms with Crippen LogP contribution in [0.5, 0.6) is 0 Å². The van der Waals surface area contributed by atoms with Gasteiger partial charge in [-0.3, -0.25) is 18.6 Å². The molecule has 9 nitrogen and oxygen atoms in total. The fraction of sp³-hybridized carbons (Fsp3) is 0.549. The Balaban J connectivity index is 4.06. The van der Waals surface area contributed by atoms with Crippen LogP contribution < -0.4 is 5.73 Å². The number of allylic oxidation sites excluding steroid dienone is 30. The molecule has 0 bridgehead atoms. The van der Waals surface area contributed by atoms with Gasteiger partial charge in [0.1, 0.15) is 6.61 Å². The van der Waals surface area contributed by atoms with Crippen LogP contribution in [0.2, 0.25) is 0 Å². The van der Waals surface area contributed by atoms with Crippen molar-refractivity contribution in [1.82, 2.24) is 0 Å². The third-order valence-electron chi connectivity index (χ3n) is 12.3. The Bertz CT molecular complexity index is 1980. The van der Waals surface area contributed by atoms with Gasteiger partial charge >= 0.3 is 19.8 Å². The first-order valence-corrected chi connectivity index (χ1v) is 32.8. The first-order chi connectivity index (χ1) is 39.8. The van der Waals surface area contributed by atoms with Crippen molar-refractivity contribution < 1.29 is 37.6 Å². The van der Waals surface area contributed by atoms with Gasteiger partial charge < -0.3 is 20.1 Å². The van der Waals surface area contributed by atoms with E-state index in [1.807, 2.05) is 0 Å². The normalized spacial score (nSPS) is 14.3. The highest BCUT2D eigenvalue weighted by Gasteiger charge is 2.26. The molecule has 0 heterocycles. The van der Waals surface area contributed by atoms with E-state index in [-0.39, 0.29) is 32.6 Å². The minimum atomic E-state index is -4.41. The van der Waals surface area contributed by atoms with Gasteiger partial charge in [-0.1, -0.05) is 254 Å². The summed E-state index contributed by atoms with van der Waals surface area (Å²) in [4.78, 5) is 35.2. The molecule has 0 aromatic carbocycles. The van der Waals surface area contributed by atoms with Gasteiger partial charge in [0, 0.05) is 19.4 Å². The average Bonchev–Trinajstić information content (AvgIpc) is 3.46. The quantitative estimate of drug-likeness (QED) is 0.0264. The smallest absolute Gasteiger partial charge is 0.462 e. The molecule has 0 rings (SSSR count). The second kappa shape index (κ2) is 64.3. The second-order valence-electron chi connectivity index (χ2n) is 19.8. The predicted molar refractivity (Wildman–Crippen MR) is 348 cm³/mol. The number of unbranched alkanes of at least 4 members (excludes halogenated alkanes) is 13. The van der Waals surface area contributed by atoms with Crippen LogP contribution in [0.25, 0.3) is 0 Å². The van der Waals surface area contributed by atoms with E-state index in [1.165, 1.54) is 32.1 Å². The van der Waals surface area contributed by atoms with Gasteiger partial charge in [-0.05, 0) is 135 Å². The Hall–Kier alpha value is -4.89. The molecule has 0 aliphatic carbocycles. The van der Waals surface area contributed by atoms with Gasteiger partial charge in [0.05, 0.1) is 13.2 Å². The zero-order chi connectivity index (χ0) is 58.7. The number of hydrogen-bond acceptors (Lipinski definition) is 8. The lowest BCUT2D eigenvalue weighted by molar-refractivity contribution is -0.161. The second-order valence-corrected chi connectivity index (χ2v) is 21.3. The molecule has 10 heteroatoms. The summed E-state index contributed by atoms with van der Waals surface area (Å²) in [5.74, 6) is -0.878. The summed E-state index contributed by atoms with van der Waals surface area (Å²) in [7, 11) is -4.41. The lowest BCUT2D eigenvalue weighted by atomic mass is 10.1. The fourth-order valence-corrected chi connectivity index (χ4v) is 8.51. The molecule has 0 fully saturated rings. The average molecular weight is 1140 g/mol.